The summed E-state index contributed by atoms with van der Waals surface area (Å²) in [4.78, 5) is 14.5. The van der Waals surface area contributed by atoms with Crippen molar-refractivity contribution >= 4 is 17.1 Å². The number of rotatable bonds is 1. The third kappa shape index (κ3) is 0.852. The van der Waals surface area contributed by atoms with E-state index in [1.165, 1.54) is 12.5 Å². The second kappa shape index (κ2) is 2.34. The lowest BCUT2D eigenvalue weighted by atomic mass is 10.2. The lowest BCUT2D eigenvalue weighted by Crippen LogP contribution is -1.95. The Morgan fingerprint density at radius 1 is 1.50 bits per heavy atom. The molecule has 1 aromatic heterocycles. The van der Waals surface area contributed by atoms with Gasteiger partial charge >= 0.3 is 5.97 Å². The van der Waals surface area contributed by atoms with Crippen LogP contribution in [0.25, 0.3) is 11.1 Å². The number of hydrogen-bond acceptors (Lipinski definition) is 3. The standard InChI is InChI=1S/C8H5NO3/c10-8(11)5-2-1-3-6-7(5)12-4-9-6/h1-4H,(H,10,11). The number of oxazole rings is 1. The number of aromatic nitrogens is 1. The largest absolute Gasteiger partial charge is 0.478 e. The van der Waals surface area contributed by atoms with Gasteiger partial charge in [-0.1, -0.05) is 6.07 Å². The van der Waals surface area contributed by atoms with E-state index in [4.69, 9.17) is 9.52 Å². The fourth-order valence-corrected chi connectivity index (χ4v) is 1.05. The molecule has 0 spiro atoms. The van der Waals surface area contributed by atoms with Gasteiger partial charge in [0.25, 0.3) is 0 Å². The molecule has 60 valence electrons. The number of carbonyl (C=O) groups is 1. The molecule has 0 saturated carbocycles. The molecule has 4 nitrogen and oxygen atoms in total. The minimum absolute atomic E-state index is 0.144. The number of carboxylic acids is 1. The Kier molecular flexibility index (Phi) is 1.33. The SMILES string of the molecule is O=C(O)c1cccc2ncoc12. The number of nitrogens with zero attached hydrogens (tertiary/aromatic N) is 1. The number of para-hydroxylation sites is 1. The monoisotopic (exact) mass is 163 g/mol. The first-order valence-corrected chi connectivity index (χ1v) is 3.34. The third-order valence-corrected chi connectivity index (χ3v) is 1.59. The maximum atomic E-state index is 10.6. The highest BCUT2D eigenvalue weighted by atomic mass is 16.4. The van der Waals surface area contributed by atoms with Gasteiger partial charge in [0.2, 0.25) is 0 Å². The minimum atomic E-state index is -1.00. The van der Waals surface area contributed by atoms with Gasteiger partial charge in [-0.25, -0.2) is 9.78 Å². The second-order valence-electron chi connectivity index (χ2n) is 2.31. The Morgan fingerprint density at radius 3 is 3.08 bits per heavy atom. The van der Waals surface area contributed by atoms with Crippen LogP contribution >= 0.6 is 0 Å². The van der Waals surface area contributed by atoms with Crippen LogP contribution in [-0.4, -0.2) is 16.1 Å². The summed E-state index contributed by atoms with van der Waals surface area (Å²) in [6.07, 6.45) is 1.23. The predicted octanol–water partition coefficient (Wildman–Crippen LogP) is 1.53. The van der Waals surface area contributed by atoms with Crippen LogP contribution in [0.3, 0.4) is 0 Å². The first-order valence-electron chi connectivity index (χ1n) is 3.34. The lowest BCUT2D eigenvalue weighted by molar-refractivity contribution is 0.0698. The number of carboxylic acid groups (broad SMARTS) is 1. The zero-order valence-corrected chi connectivity index (χ0v) is 6.02. The Morgan fingerprint density at radius 2 is 2.33 bits per heavy atom. The zero-order valence-electron chi connectivity index (χ0n) is 6.02. The fraction of sp³-hybridized carbons (Fsp3) is 0. The molecule has 0 fully saturated rings. The van der Waals surface area contributed by atoms with Crippen LogP contribution in [0.15, 0.2) is 29.0 Å². The van der Waals surface area contributed by atoms with Crippen molar-refractivity contribution in [3.8, 4) is 0 Å². The van der Waals surface area contributed by atoms with Gasteiger partial charge in [-0.15, -0.1) is 0 Å². The van der Waals surface area contributed by atoms with Gasteiger partial charge in [0.15, 0.2) is 12.0 Å². The van der Waals surface area contributed by atoms with E-state index in [0.29, 0.717) is 11.1 Å². The molecule has 0 aliphatic carbocycles. The Bertz CT molecular complexity index is 433. The van der Waals surface area contributed by atoms with Gasteiger partial charge in [-0.05, 0) is 12.1 Å². The highest BCUT2D eigenvalue weighted by Gasteiger charge is 2.10. The van der Waals surface area contributed by atoms with Gasteiger partial charge in [-0.2, -0.15) is 0 Å². The van der Waals surface area contributed by atoms with Crippen LogP contribution in [-0.2, 0) is 0 Å². The van der Waals surface area contributed by atoms with Crippen LogP contribution in [0.4, 0.5) is 0 Å². The minimum Gasteiger partial charge on any atom is -0.478 e. The number of benzene rings is 1. The molecule has 2 aromatic rings. The molecular formula is C8H5NO3. The zero-order chi connectivity index (χ0) is 8.55. The van der Waals surface area contributed by atoms with Gasteiger partial charge in [0.05, 0.1) is 0 Å². The summed E-state index contributed by atoms with van der Waals surface area (Å²) in [7, 11) is 0. The van der Waals surface area contributed by atoms with Crippen LogP contribution in [0, 0.1) is 0 Å². The molecule has 0 amide bonds. The number of aromatic carboxylic acids is 1. The first-order chi connectivity index (χ1) is 5.79. The Labute approximate surface area is 67.4 Å². The maximum absolute atomic E-state index is 10.6. The average molecular weight is 163 g/mol. The van der Waals surface area contributed by atoms with Crippen LogP contribution < -0.4 is 0 Å². The highest BCUT2D eigenvalue weighted by molar-refractivity contribution is 5.99. The van der Waals surface area contributed by atoms with E-state index < -0.39 is 5.97 Å². The van der Waals surface area contributed by atoms with E-state index in [2.05, 4.69) is 4.98 Å². The quantitative estimate of drug-likeness (QED) is 0.692. The predicted molar refractivity (Wildman–Crippen MR) is 41.0 cm³/mol. The van der Waals surface area contributed by atoms with Gasteiger partial charge in [-0.3, -0.25) is 0 Å². The summed E-state index contributed by atoms with van der Waals surface area (Å²) >= 11 is 0. The molecule has 0 atom stereocenters. The molecule has 0 unspecified atom stereocenters. The van der Waals surface area contributed by atoms with Crippen molar-refractivity contribution < 1.29 is 14.3 Å². The van der Waals surface area contributed by atoms with Gasteiger partial charge in [0, 0.05) is 0 Å². The molecule has 12 heavy (non-hydrogen) atoms. The molecule has 2 rings (SSSR count). The van der Waals surface area contributed by atoms with Crippen molar-refractivity contribution in [2.24, 2.45) is 0 Å². The lowest BCUT2D eigenvalue weighted by Gasteiger charge is -1.92. The highest BCUT2D eigenvalue weighted by Crippen LogP contribution is 2.16. The van der Waals surface area contributed by atoms with Crippen molar-refractivity contribution in [2.75, 3.05) is 0 Å². The number of fused-ring (bicyclic) bond motifs is 1. The fourth-order valence-electron chi connectivity index (χ4n) is 1.05. The maximum Gasteiger partial charge on any atom is 0.339 e. The van der Waals surface area contributed by atoms with Gasteiger partial charge in [0.1, 0.15) is 11.1 Å². The Hall–Kier alpha value is -1.84. The molecule has 0 saturated heterocycles. The van der Waals surface area contributed by atoms with E-state index in [-0.39, 0.29) is 5.56 Å². The molecule has 0 bridgehead atoms. The van der Waals surface area contributed by atoms with Gasteiger partial charge < -0.3 is 9.52 Å². The summed E-state index contributed by atoms with van der Waals surface area (Å²) in [5, 5.41) is 8.71. The average Bonchev–Trinajstić information content (AvgIpc) is 2.49. The molecule has 0 aliphatic rings. The van der Waals surface area contributed by atoms with Crippen LogP contribution in [0.2, 0.25) is 0 Å². The van der Waals surface area contributed by atoms with Crippen molar-refractivity contribution in [3.63, 3.8) is 0 Å². The van der Waals surface area contributed by atoms with Crippen molar-refractivity contribution in [1.82, 2.24) is 4.98 Å². The van der Waals surface area contributed by atoms with Crippen LogP contribution in [0.5, 0.6) is 0 Å². The molecule has 1 N–H and O–H groups in total. The molecule has 0 aliphatic heterocycles. The van der Waals surface area contributed by atoms with E-state index in [1.807, 2.05) is 0 Å². The Balaban J connectivity index is 2.82. The first kappa shape index (κ1) is 6.84. The molecule has 1 heterocycles. The summed E-state index contributed by atoms with van der Waals surface area (Å²) in [6, 6.07) is 4.81. The summed E-state index contributed by atoms with van der Waals surface area (Å²) in [5.41, 5.74) is 1.03. The summed E-state index contributed by atoms with van der Waals surface area (Å²) < 4.78 is 4.92. The summed E-state index contributed by atoms with van der Waals surface area (Å²) in [5.74, 6) is -1.00. The van der Waals surface area contributed by atoms with E-state index in [1.54, 1.807) is 12.1 Å². The van der Waals surface area contributed by atoms with E-state index in [9.17, 15) is 4.79 Å². The summed E-state index contributed by atoms with van der Waals surface area (Å²) in [6.45, 7) is 0. The van der Waals surface area contributed by atoms with Crippen molar-refractivity contribution in [1.29, 1.82) is 0 Å². The van der Waals surface area contributed by atoms with Crippen molar-refractivity contribution in [3.05, 3.63) is 30.2 Å². The third-order valence-electron chi connectivity index (χ3n) is 1.59. The topological polar surface area (TPSA) is 63.3 Å². The molecular weight excluding hydrogens is 158 g/mol. The van der Waals surface area contributed by atoms with E-state index >= 15 is 0 Å². The van der Waals surface area contributed by atoms with Crippen molar-refractivity contribution in [2.45, 2.75) is 0 Å². The van der Waals surface area contributed by atoms with Crippen LogP contribution in [0.1, 0.15) is 10.4 Å². The molecule has 4 heteroatoms. The normalized spacial score (nSPS) is 10.3. The smallest absolute Gasteiger partial charge is 0.339 e. The molecule has 1 aromatic carbocycles. The second-order valence-corrected chi connectivity index (χ2v) is 2.31. The van der Waals surface area contributed by atoms with E-state index in [0.717, 1.165) is 0 Å². The number of hydrogen-bond donors (Lipinski definition) is 1. The molecule has 0 radical (unpaired) electrons.